The maximum absolute atomic E-state index is 10.9. The summed E-state index contributed by atoms with van der Waals surface area (Å²) in [4.78, 5) is 9.06. The van der Waals surface area contributed by atoms with Gasteiger partial charge in [0.15, 0.2) is 0 Å². The lowest BCUT2D eigenvalue weighted by molar-refractivity contribution is -0.178. The fourth-order valence-electron chi connectivity index (χ4n) is 2.94. The van der Waals surface area contributed by atoms with Gasteiger partial charge in [-0.2, -0.15) is 0 Å². The molecule has 3 aromatic rings. The highest BCUT2D eigenvalue weighted by atomic mass is 79.9. The normalized spacial score (nSPS) is 27.8. The van der Waals surface area contributed by atoms with E-state index in [9.17, 15) is 15.3 Å². The molecule has 4 heterocycles. The van der Waals surface area contributed by atoms with Crippen molar-refractivity contribution in [3.05, 3.63) is 40.7 Å². The van der Waals surface area contributed by atoms with Crippen molar-refractivity contribution in [2.75, 3.05) is 6.61 Å². The van der Waals surface area contributed by atoms with Crippen LogP contribution in [0.4, 0.5) is 0 Å². The van der Waals surface area contributed by atoms with Crippen LogP contribution in [-0.2, 0) is 4.74 Å². The summed E-state index contributed by atoms with van der Waals surface area (Å²) in [5.41, 5.74) is -0.198. The summed E-state index contributed by atoms with van der Waals surface area (Å²) in [5.74, 6) is 0. The molecule has 28 heavy (non-hydrogen) atoms. The first-order valence-electron chi connectivity index (χ1n) is 8.28. The van der Waals surface area contributed by atoms with E-state index in [1.54, 1.807) is 24.8 Å². The first kappa shape index (κ1) is 19.9. The van der Waals surface area contributed by atoms with Crippen LogP contribution in [-0.4, -0.2) is 70.6 Å². The molecular formula is C16H16BrN5O4S2. The Hall–Kier alpha value is -1.41. The molecule has 0 aromatic carbocycles. The summed E-state index contributed by atoms with van der Waals surface area (Å²) in [7, 11) is 0. The van der Waals surface area contributed by atoms with E-state index in [1.165, 1.54) is 27.8 Å². The number of pyridine rings is 1. The number of aliphatic hydroxyl groups is 3. The Morgan fingerprint density at radius 2 is 2.14 bits per heavy atom. The van der Waals surface area contributed by atoms with E-state index < -0.39 is 36.4 Å². The lowest BCUT2D eigenvalue weighted by Gasteiger charge is -2.41. The van der Waals surface area contributed by atoms with Crippen molar-refractivity contribution < 1.29 is 20.1 Å². The first-order chi connectivity index (χ1) is 13.6. The van der Waals surface area contributed by atoms with E-state index in [2.05, 4.69) is 36.2 Å². The Kier molecular flexibility index (Phi) is 6.06. The average Bonchev–Trinajstić information content (AvgIpc) is 3.36. The molecule has 1 aliphatic rings. The number of ether oxygens (including phenoxy) is 1. The van der Waals surface area contributed by atoms with Crippen LogP contribution in [0.3, 0.4) is 0 Å². The maximum atomic E-state index is 10.9. The minimum atomic E-state index is -1.16. The van der Waals surface area contributed by atoms with E-state index in [0.717, 1.165) is 9.37 Å². The lowest BCUT2D eigenvalue weighted by atomic mass is 9.97. The van der Waals surface area contributed by atoms with Crippen molar-refractivity contribution in [2.45, 2.75) is 34.7 Å². The largest absolute Gasteiger partial charge is 0.394 e. The summed E-state index contributed by atoms with van der Waals surface area (Å²) >= 11 is 6.03. The molecule has 1 aliphatic heterocycles. The summed E-state index contributed by atoms with van der Waals surface area (Å²) in [5, 5.41) is 41.9. The SMILES string of the molecule is OCC1OC(Sc2cncc(Br)c2)[C@@H](O)C(n2cc(-c3nccs3)nn2)C1O. The third kappa shape index (κ3) is 3.99. The number of thiazole rings is 1. The summed E-state index contributed by atoms with van der Waals surface area (Å²) in [6, 6.07) is 1.00. The Morgan fingerprint density at radius 3 is 2.86 bits per heavy atom. The van der Waals surface area contributed by atoms with Crippen molar-refractivity contribution >= 4 is 39.0 Å². The van der Waals surface area contributed by atoms with Gasteiger partial charge in [0.1, 0.15) is 40.5 Å². The number of thioether (sulfide) groups is 1. The van der Waals surface area contributed by atoms with Crippen LogP contribution in [0.1, 0.15) is 6.04 Å². The van der Waals surface area contributed by atoms with Crippen molar-refractivity contribution in [2.24, 2.45) is 0 Å². The summed E-state index contributed by atoms with van der Waals surface area (Å²) in [6.45, 7) is -0.397. The second kappa shape index (κ2) is 8.53. The number of hydrogen-bond donors (Lipinski definition) is 3. The molecule has 1 fully saturated rings. The predicted molar refractivity (Wildman–Crippen MR) is 106 cm³/mol. The molecule has 3 aromatic heterocycles. The van der Waals surface area contributed by atoms with Crippen LogP contribution in [0.25, 0.3) is 10.7 Å². The van der Waals surface area contributed by atoms with Gasteiger partial charge in [-0.15, -0.1) is 16.4 Å². The summed E-state index contributed by atoms with van der Waals surface area (Å²) < 4.78 is 7.93. The Morgan fingerprint density at radius 1 is 1.29 bits per heavy atom. The van der Waals surface area contributed by atoms with E-state index in [1.807, 2.05) is 11.4 Å². The molecule has 0 amide bonds. The van der Waals surface area contributed by atoms with Crippen molar-refractivity contribution in [3.63, 3.8) is 0 Å². The van der Waals surface area contributed by atoms with Gasteiger partial charge < -0.3 is 20.1 Å². The van der Waals surface area contributed by atoms with E-state index in [-0.39, 0.29) is 0 Å². The van der Waals surface area contributed by atoms with Crippen molar-refractivity contribution in [3.8, 4) is 10.7 Å². The van der Waals surface area contributed by atoms with Gasteiger partial charge in [-0.1, -0.05) is 17.0 Å². The second-order valence-corrected chi connectivity index (χ2v) is 9.06. The van der Waals surface area contributed by atoms with Gasteiger partial charge in [0, 0.05) is 33.3 Å². The lowest BCUT2D eigenvalue weighted by Crippen LogP contribution is -2.55. The van der Waals surface area contributed by atoms with Gasteiger partial charge in [0.25, 0.3) is 0 Å². The molecule has 1 saturated heterocycles. The number of aliphatic hydroxyl groups excluding tert-OH is 3. The third-order valence-electron chi connectivity index (χ3n) is 4.25. The average molecular weight is 486 g/mol. The molecule has 4 rings (SSSR count). The van der Waals surface area contributed by atoms with E-state index in [0.29, 0.717) is 10.7 Å². The van der Waals surface area contributed by atoms with Gasteiger partial charge in [-0.3, -0.25) is 4.98 Å². The summed E-state index contributed by atoms with van der Waals surface area (Å²) in [6.07, 6.45) is 3.45. The molecular weight excluding hydrogens is 470 g/mol. The molecule has 0 bridgehead atoms. The molecule has 0 aliphatic carbocycles. The molecule has 9 nitrogen and oxygen atoms in total. The fraction of sp³-hybridized carbons (Fsp3) is 0.375. The zero-order valence-corrected chi connectivity index (χ0v) is 17.5. The van der Waals surface area contributed by atoms with Crippen LogP contribution in [0, 0.1) is 0 Å². The highest BCUT2D eigenvalue weighted by Crippen LogP contribution is 2.38. The molecule has 0 radical (unpaired) electrons. The zero-order chi connectivity index (χ0) is 19.7. The molecule has 12 heteroatoms. The standard InChI is InChI=1S/C16H16BrN5O4S2/c17-8-3-9(5-18-4-8)28-16-14(25)12(13(24)11(7-23)26-16)22-6-10(20-21-22)15-19-1-2-27-15/h1-6,11-14,16,23-25H,7H2/t11?,12?,13?,14-,16?/m0/s1. The number of halogens is 1. The van der Waals surface area contributed by atoms with Gasteiger partial charge in [-0.25, -0.2) is 9.67 Å². The van der Waals surface area contributed by atoms with Gasteiger partial charge >= 0.3 is 0 Å². The fourth-order valence-corrected chi connectivity index (χ4v) is 5.13. The van der Waals surface area contributed by atoms with E-state index >= 15 is 0 Å². The first-order valence-corrected chi connectivity index (χ1v) is 10.8. The van der Waals surface area contributed by atoms with Crippen LogP contribution in [0.2, 0.25) is 0 Å². The van der Waals surface area contributed by atoms with Crippen molar-refractivity contribution in [1.82, 2.24) is 25.0 Å². The van der Waals surface area contributed by atoms with E-state index in [4.69, 9.17) is 4.74 Å². The number of nitrogens with zero attached hydrogens (tertiary/aromatic N) is 5. The molecule has 5 atom stereocenters. The molecule has 0 spiro atoms. The van der Waals surface area contributed by atoms with Gasteiger partial charge in [0.05, 0.1) is 12.8 Å². The molecule has 4 unspecified atom stereocenters. The smallest absolute Gasteiger partial charge is 0.145 e. The Balaban J connectivity index is 1.61. The topological polar surface area (TPSA) is 126 Å². The third-order valence-corrected chi connectivity index (χ3v) is 6.59. The predicted octanol–water partition coefficient (Wildman–Crippen LogP) is 1.33. The van der Waals surface area contributed by atoms with Crippen LogP contribution in [0.5, 0.6) is 0 Å². The van der Waals surface area contributed by atoms with Crippen LogP contribution >= 0.6 is 39.0 Å². The minimum absolute atomic E-state index is 0.397. The number of hydrogen-bond acceptors (Lipinski definition) is 10. The monoisotopic (exact) mass is 485 g/mol. The van der Waals surface area contributed by atoms with Crippen LogP contribution in [0.15, 0.2) is 45.6 Å². The Labute approximate surface area is 176 Å². The quantitative estimate of drug-likeness (QED) is 0.490. The minimum Gasteiger partial charge on any atom is -0.394 e. The van der Waals surface area contributed by atoms with Gasteiger partial charge in [0.2, 0.25) is 0 Å². The molecule has 3 N–H and O–H groups in total. The molecule has 148 valence electrons. The van der Waals surface area contributed by atoms with Gasteiger partial charge in [-0.05, 0) is 22.0 Å². The second-order valence-electron chi connectivity index (χ2n) is 6.08. The number of aromatic nitrogens is 5. The number of rotatable bonds is 5. The van der Waals surface area contributed by atoms with Crippen LogP contribution < -0.4 is 0 Å². The zero-order valence-electron chi connectivity index (χ0n) is 14.2. The maximum Gasteiger partial charge on any atom is 0.145 e. The molecule has 0 saturated carbocycles. The van der Waals surface area contributed by atoms with Crippen molar-refractivity contribution in [1.29, 1.82) is 0 Å². The highest BCUT2D eigenvalue weighted by Gasteiger charge is 2.46. The highest BCUT2D eigenvalue weighted by molar-refractivity contribution is 9.10. The Bertz CT molecular complexity index is 927.